The summed E-state index contributed by atoms with van der Waals surface area (Å²) in [5.74, 6) is 2.56. The van der Waals surface area contributed by atoms with Crippen LogP contribution in [0.15, 0.2) is 16.9 Å². The fourth-order valence-corrected chi connectivity index (χ4v) is 2.86. The first-order chi connectivity index (χ1) is 11.3. The molecule has 0 N–H and O–H groups in total. The topological polar surface area (TPSA) is 95.0 Å². The molecule has 3 heterocycles. The van der Waals surface area contributed by atoms with Crippen LogP contribution in [0, 0.1) is 11.3 Å². The summed E-state index contributed by atoms with van der Waals surface area (Å²) in [6, 6.07) is 2.10. The summed E-state index contributed by atoms with van der Waals surface area (Å²) >= 11 is 0. The standard InChI is InChI=1S/C15H17N7O/c1-21-6-7-22(14-11(8-16)17-4-5-18-14)9-12(21)15-19-13(20-23-15)10-2-3-10/h4-5,10,12H,2-3,6-7,9H2,1H3/t12-/m0/s1. The third-order valence-corrected chi connectivity index (χ3v) is 4.42. The van der Waals surface area contributed by atoms with E-state index in [0.29, 0.717) is 29.9 Å². The van der Waals surface area contributed by atoms with Gasteiger partial charge in [-0.2, -0.15) is 10.2 Å². The summed E-state index contributed by atoms with van der Waals surface area (Å²) in [7, 11) is 2.05. The molecule has 23 heavy (non-hydrogen) atoms. The molecule has 1 aliphatic carbocycles. The number of likely N-dealkylation sites (N-methyl/N-ethyl adjacent to an activating group) is 1. The predicted octanol–water partition coefficient (Wildman–Crippen LogP) is 1.10. The van der Waals surface area contributed by atoms with Crippen LogP contribution in [0.1, 0.15) is 42.2 Å². The van der Waals surface area contributed by atoms with E-state index in [4.69, 9.17) is 4.52 Å². The molecule has 1 aliphatic heterocycles. The van der Waals surface area contributed by atoms with Gasteiger partial charge in [0, 0.05) is 37.9 Å². The van der Waals surface area contributed by atoms with Crippen LogP contribution >= 0.6 is 0 Å². The second-order valence-electron chi connectivity index (χ2n) is 6.05. The van der Waals surface area contributed by atoms with Crippen molar-refractivity contribution < 1.29 is 4.52 Å². The lowest BCUT2D eigenvalue weighted by Crippen LogP contribution is -2.47. The SMILES string of the molecule is CN1CCN(c2nccnc2C#N)C[C@H]1c1nc(C2CC2)no1. The fourth-order valence-electron chi connectivity index (χ4n) is 2.86. The van der Waals surface area contributed by atoms with E-state index in [9.17, 15) is 5.26 Å². The lowest BCUT2D eigenvalue weighted by molar-refractivity contribution is 0.177. The number of piperazine rings is 1. The van der Waals surface area contributed by atoms with E-state index < -0.39 is 0 Å². The molecule has 2 fully saturated rings. The maximum atomic E-state index is 9.22. The Hall–Kier alpha value is -2.53. The second kappa shape index (κ2) is 5.59. The van der Waals surface area contributed by atoms with Gasteiger partial charge in [0.15, 0.2) is 17.3 Å². The Bertz CT molecular complexity index is 748. The van der Waals surface area contributed by atoms with Crippen LogP contribution in [0.4, 0.5) is 5.82 Å². The van der Waals surface area contributed by atoms with Crippen molar-refractivity contribution in [1.29, 1.82) is 5.26 Å². The Labute approximate surface area is 133 Å². The van der Waals surface area contributed by atoms with Crippen LogP contribution in [0.2, 0.25) is 0 Å². The van der Waals surface area contributed by atoms with Crippen LogP contribution in [-0.2, 0) is 0 Å². The van der Waals surface area contributed by atoms with E-state index >= 15 is 0 Å². The molecule has 8 heteroatoms. The molecule has 0 unspecified atom stereocenters. The zero-order chi connectivity index (χ0) is 15.8. The minimum Gasteiger partial charge on any atom is -0.351 e. The number of aromatic nitrogens is 4. The van der Waals surface area contributed by atoms with Crippen LogP contribution in [0.5, 0.6) is 0 Å². The van der Waals surface area contributed by atoms with Crippen LogP contribution in [0.25, 0.3) is 0 Å². The minimum atomic E-state index is -0.00250. The van der Waals surface area contributed by atoms with Crippen molar-refractivity contribution in [2.45, 2.75) is 24.8 Å². The minimum absolute atomic E-state index is 0.00250. The van der Waals surface area contributed by atoms with E-state index in [1.807, 2.05) is 7.05 Å². The maximum absolute atomic E-state index is 9.22. The van der Waals surface area contributed by atoms with E-state index in [0.717, 1.165) is 31.8 Å². The third kappa shape index (κ3) is 2.64. The molecule has 0 radical (unpaired) electrons. The number of rotatable bonds is 3. The molecule has 118 valence electrons. The maximum Gasteiger partial charge on any atom is 0.245 e. The highest BCUT2D eigenvalue weighted by Crippen LogP contribution is 2.39. The van der Waals surface area contributed by atoms with Crippen molar-refractivity contribution in [3.8, 4) is 6.07 Å². The lowest BCUT2D eigenvalue weighted by atomic mass is 10.1. The molecular weight excluding hydrogens is 294 g/mol. The summed E-state index contributed by atoms with van der Waals surface area (Å²) < 4.78 is 5.49. The average Bonchev–Trinajstić information content (AvgIpc) is 3.33. The highest BCUT2D eigenvalue weighted by atomic mass is 16.5. The van der Waals surface area contributed by atoms with Crippen molar-refractivity contribution in [2.75, 3.05) is 31.6 Å². The van der Waals surface area contributed by atoms with Gasteiger partial charge in [-0.1, -0.05) is 5.16 Å². The molecule has 1 saturated heterocycles. The first-order valence-corrected chi connectivity index (χ1v) is 7.76. The molecule has 2 aliphatic rings. The van der Waals surface area contributed by atoms with E-state index in [1.165, 1.54) is 6.20 Å². The molecular formula is C15H17N7O. The van der Waals surface area contributed by atoms with Crippen molar-refractivity contribution in [1.82, 2.24) is 25.0 Å². The molecule has 0 bridgehead atoms. The summed E-state index contributed by atoms with van der Waals surface area (Å²) in [4.78, 5) is 17.3. The number of hydrogen-bond donors (Lipinski definition) is 0. The van der Waals surface area contributed by atoms with Gasteiger partial charge in [0.2, 0.25) is 5.89 Å². The summed E-state index contributed by atoms with van der Waals surface area (Å²) in [6.45, 7) is 2.26. The first kappa shape index (κ1) is 14.1. The monoisotopic (exact) mass is 311 g/mol. The largest absolute Gasteiger partial charge is 0.351 e. The number of hydrogen-bond acceptors (Lipinski definition) is 8. The Kier molecular flexibility index (Phi) is 3.42. The van der Waals surface area contributed by atoms with Crippen molar-refractivity contribution in [3.05, 3.63) is 29.8 Å². The molecule has 0 amide bonds. The van der Waals surface area contributed by atoms with Gasteiger partial charge in [0.1, 0.15) is 12.1 Å². The quantitative estimate of drug-likeness (QED) is 0.831. The highest BCUT2D eigenvalue weighted by Gasteiger charge is 2.34. The van der Waals surface area contributed by atoms with Gasteiger partial charge >= 0.3 is 0 Å². The zero-order valence-electron chi connectivity index (χ0n) is 12.9. The van der Waals surface area contributed by atoms with Crippen molar-refractivity contribution in [2.24, 2.45) is 0 Å². The van der Waals surface area contributed by atoms with Crippen LogP contribution in [-0.4, -0.2) is 51.7 Å². The van der Waals surface area contributed by atoms with Crippen LogP contribution < -0.4 is 4.90 Å². The third-order valence-electron chi connectivity index (χ3n) is 4.42. The van der Waals surface area contributed by atoms with E-state index in [2.05, 4.69) is 36.0 Å². The first-order valence-electron chi connectivity index (χ1n) is 7.76. The van der Waals surface area contributed by atoms with Gasteiger partial charge in [0.25, 0.3) is 0 Å². The highest BCUT2D eigenvalue weighted by molar-refractivity contribution is 5.50. The van der Waals surface area contributed by atoms with Gasteiger partial charge in [-0.05, 0) is 19.9 Å². The summed E-state index contributed by atoms with van der Waals surface area (Å²) in [6.07, 6.45) is 5.45. The Balaban J connectivity index is 1.58. The molecule has 1 atom stereocenters. The smallest absolute Gasteiger partial charge is 0.245 e. The average molecular weight is 311 g/mol. The molecule has 0 spiro atoms. The lowest BCUT2D eigenvalue weighted by Gasteiger charge is -2.38. The second-order valence-corrected chi connectivity index (χ2v) is 6.05. The van der Waals surface area contributed by atoms with Gasteiger partial charge in [-0.3, -0.25) is 4.90 Å². The van der Waals surface area contributed by atoms with Gasteiger partial charge < -0.3 is 9.42 Å². The van der Waals surface area contributed by atoms with E-state index in [1.54, 1.807) is 6.20 Å². The van der Waals surface area contributed by atoms with Gasteiger partial charge in [-0.25, -0.2) is 9.97 Å². The molecule has 1 saturated carbocycles. The predicted molar refractivity (Wildman–Crippen MR) is 80.6 cm³/mol. The fraction of sp³-hybridized carbons (Fsp3) is 0.533. The Morgan fingerprint density at radius 2 is 2.09 bits per heavy atom. The van der Waals surface area contributed by atoms with Crippen LogP contribution in [0.3, 0.4) is 0 Å². The normalized spacial score (nSPS) is 22.1. The summed E-state index contributed by atoms with van der Waals surface area (Å²) in [5, 5.41) is 13.3. The molecule has 2 aromatic rings. The zero-order valence-corrected chi connectivity index (χ0v) is 12.9. The molecule has 8 nitrogen and oxygen atoms in total. The summed E-state index contributed by atoms with van der Waals surface area (Å²) in [5.41, 5.74) is 0.347. The number of nitriles is 1. The molecule has 4 rings (SSSR count). The number of anilines is 1. The van der Waals surface area contributed by atoms with E-state index in [-0.39, 0.29) is 6.04 Å². The number of nitrogens with zero attached hydrogens (tertiary/aromatic N) is 7. The molecule has 2 aromatic heterocycles. The Morgan fingerprint density at radius 1 is 1.26 bits per heavy atom. The van der Waals surface area contributed by atoms with Gasteiger partial charge in [0.05, 0.1) is 0 Å². The molecule has 0 aromatic carbocycles. The van der Waals surface area contributed by atoms with Gasteiger partial charge in [-0.15, -0.1) is 0 Å². The van der Waals surface area contributed by atoms with Crippen molar-refractivity contribution >= 4 is 5.82 Å². The van der Waals surface area contributed by atoms with Crippen molar-refractivity contribution in [3.63, 3.8) is 0 Å². The Morgan fingerprint density at radius 3 is 2.87 bits per heavy atom.